The molecule has 6 aromatic carbocycles. The monoisotopic (exact) mass is 1100 g/mol. The maximum atomic E-state index is 7.00. The van der Waals surface area contributed by atoms with Crippen molar-refractivity contribution in [2.24, 2.45) is 0 Å². The first kappa shape index (κ1) is 48.0. The summed E-state index contributed by atoms with van der Waals surface area (Å²) in [5, 5.41) is 2.28. The second-order valence-corrected chi connectivity index (χ2v) is 25.2. The van der Waals surface area contributed by atoms with Gasteiger partial charge in [0.1, 0.15) is 5.82 Å². The van der Waals surface area contributed by atoms with Crippen LogP contribution in [0.25, 0.3) is 38.8 Å². The van der Waals surface area contributed by atoms with Gasteiger partial charge < -0.3 is 19.1 Å². The third kappa shape index (κ3) is 7.14. The van der Waals surface area contributed by atoms with Crippen molar-refractivity contribution in [1.82, 2.24) is 9.55 Å². The summed E-state index contributed by atoms with van der Waals surface area (Å²) in [6.45, 7) is 37.6. The number of pyridine rings is 1. The molecule has 3 aliphatic rings. The first-order valence-electron chi connectivity index (χ1n) is 24.8. The smallest absolute Gasteiger partial charge is 0.135 e. The van der Waals surface area contributed by atoms with Gasteiger partial charge in [-0.2, -0.15) is 18.8 Å². The first-order valence-corrected chi connectivity index (χ1v) is 24.8. The summed E-state index contributed by atoms with van der Waals surface area (Å²) in [5.41, 5.74) is 18.9. The number of rotatable bonds is 3. The summed E-state index contributed by atoms with van der Waals surface area (Å²) in [6, 6.07) is 46.4. The molecule has 0 bridgehead atoms. The number of benzene rings is 6. The number of para-hydroxylation sites is 1. The molecule has 0 fully saturated rings. The van der Waals surface area contributed by atoms with Gasteiger partial charge >= 0.3 is 0 Å². The summed E-state index contributed by atoms with van der Waals surface area (Å²) in [7, 11) is 2.17. The molecule has 4 heterocycles. The molecule has 0 N–H and O–H groups in total. The Kier molecular flexibility index (Phi) is 10.8. The molecule has 5 nitrogen and oxygen atoms in total. The number of nitrogens with zero attached hydrogens (tertiary/aromatic N) is 4. The molecule has 8 aromatic rings. The maximum Gasteiger partial charge on any atom is 0.135 e. The van der Waals surface area contributed by atoms with Crippen LogP contribution in [-0.2, 0) is 53.6 Å². The van der Waals surface area contributed by atoms with E-state index in [1.807, 2.05) is 18.3 Å². The topological polar surface area (TPSA) is 33.5 Å². The number of hydrogen-bond donors (Lipinski definition) is 0. The normalized spacial score (nSPS) is 15.0. The van der Waals surface area contributed by atoms with Crippen LogP contribution in [0.4, 0.5) is 17.1 Å². The molecule has 6 heteroatoms. The van der Waals surface area contributed by atoms with Crippen LogP contribution in [0.3, 0.4) is 0 Å². The van der Waals surface area contributed by atoms with Crippen molar-refractivity contribution in [3.8, 4) is 28.4 Å². The summed E-state index contributed by atoms with van der Waals surface area (Å²) in [6.07, 6.45) is 1.85. The molecule has 11 rings (SSSR count). The number of fused-ring (bicyclic) bond motifs is 12. The Morgan fingerprint density at radius 3 is 1.73 bits per heavy atom. The zero-order valence-electron chi connectivity index (χ0n) is 44.0. The van der Waals surface area contributed by atoms with Gasteiger partial charge in [-0.1, -0.05) is 170 Å². The van der Waals surface area contributed by atoms with E-state index in [2.05, 4.69) is 235 Å². The van der Waals surface area contributed by atoms with Crippen LogP contribution in [0.1, 0.15) is 154 Å². The van der Waals surface area contributed by atoms with Gasteiger partial charge in [0.15, 0.2) is 0 Å². The van der Waals surface area contributed by atoms with E-state index in [1.165, 1.54) is 78.0 Å². The molecule has 0 saturated heterocycles. The molecule has 0 unspecified atom stereocenters. The molecule has 70 heavy (non-hydrogen) atoms. The fourth-order valence-electron chi connectivity index (χ4n) is 11.5. The van der Waals surface area contributed by atoms with Crippen molar-refractivity contribution in [2.45, 2.75) is 136 Å². The summed E-state index contributed by atoms with van der Waals surface area (Å²) < 4.78 is 9.21. The Hall–Kier alpha value is -5.64. The Morgan fingerprint density at radius 1 is 0.557 bits per heavy atom. The summed E-state index contributed by atoms with van der Waals surface area (Å²) in [5.74, 6) is 2.10. The standard InChI is InChI=1S/C64H67N4O.Pt/c1-59(2,3)38-23-28-51-44(30-38)43-26-24-41(35-53(43)68(51)55-22-17-18-29-65-55)69-42-25-27-47-54(36-42)67-37-66(16)52-21-19-20-48(58(52)67)64(47)56-45(31-39(60(4,5)6)33-49(56)62(10,11)12)46-32-40(61(7,8)9)34-50(57(46)64)63(13,14)15;/h17-34,37H,1-16H3;/q-3;. The van der Waals surface area contributed by atoms with E-state index in [0.717, 1.165) is 27.9 Å². The minimum Gasteiger partial charge on any atom is -0.509 e. The number of hydrogen-bond acceptors (Lipinski definition) is 4. The van der Waals surface area contributed by atoms with Crippen molar-refractivity contribution in [3.63, 3.8) is 0 Å². The Balaban J connectivity index is 0.00000567. The molecule has 0 atom stereocenters. The molecule has 0 saturated carbocycles. The van der Waals surface area contributed by atoms with Crippen molar-refractivity contribution in [3.05, 3.63) is 178 Å². The van der Waals surface area contributed by atoms with Gasteiger partial charge in [0, 0.05) is 61.1 Å². The summed E-state index contributed by atoms with van der Waals surface area (Å²) in [4.78, 5) is 9.46. The molecule has 1 aliphatic carbocycles. The van der Waals surface area contributed by atoms with Crippen molar-refractivity contribution in [2.75, 3.05) is 16.8 Å². The van der Waals surface area contributed by atoms with Crippen LogP contribution in [0, 0.1) is 18.8 Å². The molecule has 0 amide bonds. The van der Waals surface area contributed by atoms with Gasteiger partial charge in [-0.15, -0.1) is 35.2 Å². The zero-order valence-corrected chi connectivity index (χ0v) is 46.3. The predicted molar refractivity (Wildman–Crippen MR) is 288 cm³/mol. The van der Waals surface area contributed by atoms with Crippen LogP contribution < -0.4 is 14.5 Å². The molecule has 2 aliphatic heterocycles. The van der Waals surface area contributed by atoms with Crippen LogP contribution in [0.2, 0.25) is 0 Å². The maximum absolute atomic E-state index is 7.00. The minimum absolute atomic E-state index is 0. The van der Waals surface area contributed by atoms with E-state index in [0.29, 0.717) is 11.5 Å². The quantitative estimate of drug-likeness (QED) is 0.165. The molecule has 1 spiro atoms. The first-order chi connectivity index (χ1) is 32.3. The largest absolute Gasteiger partial charge is 0.509 e. The van der Waals surface area contributed by atoms with Crippen LogP contribution in [-0.4, -0.2) is 16.6 Å². The number of anilines is 3. The molecular weight excluding hydrogens is 1040 g/mol. The van der Waals surface area contributed by atoms with E-state index in [1.54, 1.807) is 0 Å². The zero-order chi connectivity index (χ0) is 49.1. The van der Waals surface area contributed by atoms with Crippen molar-refractivity contribution < 1.29 is 25.8 Å². The second-order valence-electron chi connectivity index (χ2n) is 25.2. The van der Waals surface area contributed by atoms with Gasteiger partial charge in [0.05, 0.1) is 0 Å². The fraction of sp³-hybridized carbons (Fsp3) is 0.344. The van der Waals surface area contributed by atoms with Gasteiger partial charge in [-0.25, -0.2) is 4.98 Å². The van der Waals surface area contributed by atoms with Gasteiger partial charge in [0.2, 0.25) is 0 Å². The van der Waals surface area contributed by atoms with Gasteiger partial charge in [-0.3, -0.25) is 0 Å². The third-order valence-electron chi connectivity index (χ3n) is 15.1. The van der Waals surface area contributed by atoms with E-state index in [4.69, 9.17) is 9.72 Å². The van der Waals surface area contributed by atoms with Gasteiger partial charge in [0.25, 0.3) is 0 Å². The van der Waals surface area contributed by atoms with E-state index in [-0.39, 0.29) is 48.1 Å². The van der Waals surface area contributed by atoms with E-state index < -0.39 is 5.41 Å². The number of ether oxygens (including phenoxy) is 1. The van der Waals surface area contributed by atoms with E-state index >= 15 is 0 Å². The van der Waals surface area contributed by atoms with E-state index in [9.17, 15) is 0 Å². The average molecular weight is 1100 g/mol. The van der Waals surface area contributed by atoms with Crippen LogP contribution in [0.5, 0.6) is 11.5 Å². The number of aromatic nitrogens is 2. The third-order valence-corrected chi connectivity index (χ3v) is 15.1. The van der Waals surface area contributed by atoms with Crippen LogP contribution >= 0.6 is 0 Å². The predicted octanol–water partition coefficient (Wildman–Crippen LogP) is 16.4. The molecule has 362 valence electrons. The van der Waals surface area contributed by atoms with Crippen LogP contribution in [0.15, 0.2) is 109 Å². The second kappa shape index (κ2) is 15.7. The average Bonchev–Trinajstić information content (AvgIpc) is 3.89. The molecule has 0 radical (unpaired) electrons. The Morgan fingerprint density at radius 2 is 1.16 bits per heavy atom. The SMILES string of the molecule is CN1[CH-]N2c3[c-]c(Oc4[c-]c5c(cc4)c4cc(C(C)(C)C)ccc4n5-c4ccccn4)ccc3C3(c4cccc1c42)c1c(cc(C(C)(C)C)cc1C(C)(C)C)-c1cc(C(C)(C)C)cc(C(C)(C)C)c13.[Pt]. The summed E-state index contributed by atoms with van der Waals surface area (Å²) >= 11 is 0. The van der Waals surface area contributed by atoms with Gasteiger partial charge in [-0.05, 0) is 119 Å². The van der Waals surface area contributed by atoms with Crippen molar-refractivity contribution in [1.29, 1.82) is 0 Å². The molecular formula is C64H67N4OPt-3. The Labute approximate surface area is 431 Å². The fourth-order valence-corrected chi connectivity index (χ4v) is 11.5. The minimum atomic E-state index is -0.672. The molecule has 2 aromatic heterocycles. The van der Waals surface area contributed by atoms with Crippen molar-refractivity contribution >= 4 is 38.9 Å². The Bertz CT molecular complexity index is 3350.